The van der Waals surface area contributed by atoms with Gasteiger partial charge in [-0.15, -0.1) is 0 Å². The van der Waals surface area contributed by atoms with Crippen LogP contribution in [0.5, 0.6) is 0 Å². The fraction of sp³-hybridized carbons (Fsp3) is 0.400. The second kappa shape index (κ2) is 4.86. The summed E-state index contributed by atoms with van der Waals surface area (Å²) in [6, 6.07) is 4.82. The summed E-state index contributed by atoms with van der Waals surface area (Å²) >= 11 is 0. The van der Waals surface area contributed by atoms with Gasteiger partial charge in [-0.2, -0.15) is 0 Å². The van der Waals surface area contributed by atoms with E-state index in [0.29, 0.717) is 5.56 Å². The quantitative estimate of drug-likeness (QED) is 0.571. The van der Waals surface area contributed by atoms with Crippen molar-refractivity contribution >= 4 is 5.69 Å². The lowest BCUT2D eigenvalue weighted by molar-refractivity contribution is -0.385. The van der Waals surface area contributed by atoms with Gasteiger partial charge in [-0.3, -0.25) is 10.1 Å². The van der Waals surface area contributed by atoms with Gasteiger partial charge in [0, 0.05) is 24.1 Å². The van der Waals surface area contributed by atoms with Gasteiger partial charge in [0.05, 0.1) is 11.5 Å². The van der Waals surface area contributed by atoms with E-state index >= 15 is 0 Å². The highest BCUT2D eigenvalue weighted by atomic mass is 16.6. The molecule has 1 aromatic carbocycles. The lowest BCUT2D eigenvalue weighted by atomic mass is 9.96. The normalized spacial score (nSPS) is 12.5. The number of aryl methyl sites for hydroxylation is 1. The van der Waals surface area contributed by atoms with Gasteiger partial charge < -0.3 is 10.8 Å². The van der Waals surface area contributed by atoms with Crippen LogP contribution in [0.2, 0.25) is 0 Å². The van der Waals surface area contributed by atoms with Crippen LogP contribution < -0.4 is 5.73 Å². The maximum absolute atomic E-state index is 10.8. The minimum Gasteiger partial charge on any atom is -0.396 e. The zero-order valence-corrected chi connectivity index (χ0v) is 8.51. The summed E-state index contributed by atoms with van der Waals surface area (Å²) in [6.45, 7) is 1.86. The number of nitro groups is 1. The molecule has 0 aliphatic rings. The van der Waals surface area contributed by atoms with Crippen LogP contribution in [0.25, 0.3) is 0 Å². The van der Waals surface area contributed by atoms with Crippen LogP contribution in [0.4, 0.5) is 5.69 Å². The molecule has 0 fully saturated rings. The molecule has 0 heterocycles. The molecule has 0 spiro atoms. The van der Waals surface area contributed by atoms with E-state index in [1.54, 1.807) is 12.1 Å². The zero-order valence-electron chi connectivity index (χ0n) is 8.51. The molecule has 1 atom stereocenters. The Kier molecular flexibility index (Phi) is 3.76. The molecule has 1 aromatic rings. The first-order valence-corrected chi connectivity index (χ1v) is 4.66. The minimum atomic E-state index is -0.451. The lowest BCUT2D eigenvalue weighted by Gasteiger charge is -2.12. The predicted octanol–water partition coefficient (Wildman–Crippen LogP) is 0.938. The second-order valence-electron chi connectivity index (χ2n) is 3.43. The zero-order chi connectivity index (χ0) is 11.4. The molecule has 1 rings (SSSR count). The van der Waals surface area contributed by atoms with Crippen molar-refractivity contribution in [3.63, 3.8) is 0 Å². The van der Waals surface area contributed by atoms with E-state index in [1.807, 2.05) is 6.92 Å². The fourth-order valence-electron chi connectivity index (χ4n) is 1.47. The Morgan fingerprint density at radius 3 is 2.73 bits per heavy atom. The van der Waals surface area contributed by atoms with E-state index in [1.165, 1.54) is 6.07 Å². The first-order valence-electron chi connectivity index (χ1n) is 4.66. The van der Waals surface area contributed by atoms with Crippen molar-refractivity contribution in [2.75, 3.05) is 13.2 Å². The molecular formula is C10H14N2O3. The maximum Gasteiger partial charge on any atom is 0.273 e. The fourth-order valence-corrected chi connectivity index (χ4v) is 1.47. The highest BCUT2D eigenvalue weighted by Crippen LogP contribution is 2.26. The summed E-state index contributed by atoms with van der Waals surface area (Å²) < 4.78 is 0. The Labute approximate surface area is 87.7 Å². The summed E-state index contributed by atoms with van der Waals surface area (Å²) in [4.78, 5) is 10.3. The van der Waals surface area contributed by atoms with Crippen molar-refractivity contribution < 1.29 is 10.0 Å². The summed E-state index contributed by atoms with van der Waals surface area (Å²) in [5.74, 6) is -0.370. The number of nitro benzene ring substituents is 1. The Balaban J connectivity index is 3.22. The third kappa shape index (κ3) is 2.51. The summed E-state index contributed by atoms with van der Waals surface area (Å²) in [5, 5.41) is 19.8. The molecule has 82 valence electrons. The minimum absolute atomic E-state index is 0.0186. The molecule has 5 heteroatoms. The SMILES string of the molecule is Cc1ccc([N+](=O)[O-])c(C(CN)CO)c1. The monoisotopic (exact) mass is 210 g/mol. The number of benzene rings is 1. The Bertz CT molecular complexity index is 362. The summed E-state index contributed by atoms with van der Waals surface area (Å²) in [6.07, 6.45) is 0. The number of aliphatic hydroxyl groups excluding tert-OH is 1. The predicted molar refractivity (Wildman–Crippen MR) is 56.7 cm³/mol. The molecule has 0 aliphatic heterocycles. The van der Waals surface area contributed by atoms with Crippen LogP contribution in [-0.2, 0) is 0 Å². The van der Waals surface area contributed by atoms with Crippen molar-refractivity contribution in [2.24, 2.45) is 5.73 Å². The van der Waals surface area contributed by atoms with Crippen molar-refractivity contribution in [1.82, 2.24) is 0 Å². The molecule has 0 saturated heterocycles. The van der Waals surface area contributed by atoms with Crippen molar-refractivity contribution in [3.05, 3.63) is 39.4 Å². The molecular weight excluding hydrogens is 196 g/mol. The van der Waals surface area contributed by atoms with Gasteiger partial charge in [0.1, 0.15) is 0 Å². The van der Waals surface area contributed by atoms with Crippen LogP contribution in [-0.4, -0.2) is 23.2 Å². The topological polar surface area (TPSA) is 89.4 Å². The van der Waals surface area contributed by atoms with Crippen LogP contribution in [0, 0.1) is 17.0 Å². The number of nitrogens with two attached hydrogens (primary N) is 1. The molecule has 0 amide bonds. The average Bonchev–Trinajstić information content (AvgIpc) is 2.19. The van der Waals surface area contributed by atoms with Gasteiger partial charge in [0.15, 0.2) is 0 Å². The van der Waals surface area contributed by atoms with Crippen LogP contribution in [0.1, 0.15) is 17.0 Å². The number of rotatable bonds is 4. The van der Waals surface area contributed by atoms with E-state index in [2.05, 4.69) is 0 Å². The summed E-state index contributed by atoms with van der Waals surface area (Å²) in [7, 11) is 0. The number of nitrogens with zero attached hydrogens (tertiary/aromatic N) is 1. The molecule has 3 N–H and O–H groups in total. The molecule has 0 radical (unpaired) electrons. The smallest absolute Gasteiger partial charge is 0.273 e. The number of aliphatic hydroxyl groups is 1. The van der Waals surface area contributed by atoms with Gasteiger partial charge in [0.25, 0.3) is 5.69 Å². The molecule has 0 bridgehead atoms. The molecule has 0 saturated carbocycles. The largest absolute Gasteiger partial charge is 0.396 e. The third-order valence-electron chi connectivity index (χ3n) is 2.32. The molecule has 15 heavy (non-hydrogen) atoms. The van der Waals surface area contributed by atoms with Gasteiger partial charge in [-0.1, -0.05) is 11.6 Å². The van der Waals surface area contributed by atoms with Crippen molar-refractivity contribution in [1.29, 1.82) is 0 Å². The number of hydrogen-bond donors (Lipinski definition) is 2. The van der Waals surface area contributed by atoms with Crippen molar-refractivity contribution in [3.8, 4) is 0 Å². The highest BCUT2D eigenvalue weighted by Gasteiger charge is 2.20. The Morgan fingerprint density at radius 1 is 1.60 bits per heavy atom. The highest BCUT2D eigenvalue weighted by molar-refractivity contribution is 5.45. The molecule has 0 aromatic heterocycles. The molecule has 5 nitrogen and oxygen atoms in total. The van der Waals surface area contributed by atoms with E-state index in [-0.39, 0.29) is 24.8 Å². The van der Waals surface area contributed by atoms with Gasteiger partial charge in [0.2, 0.25) is 0 Å². The van der Waals surface area contributed by atoms with E-state index in [4.69, 9.17) is 10.8 Å². The number of hydrogen-bond acceptors (Lipinski definition) is 4. The van der Waals surface area contributed by atoms with Crippen LogP contribution in [0.15, 0.2) is 18.2 Å². The standard InChI is InChI=1S/C10H14N2O3/c1-7-2-3-10(12(14)15)9(4-7)8(5-11)6-13/h2-4,8,13H,5-6,11H2,1H3. The Hall–Kier alpha value is -1.46. The van der Waals surface area contributed by atoms with Crippen LogP contribution >= 0.6 is 0 Å². The molecule has 1 unspecified atom stereocenters. The first-order chi connectivity index (χ1) is 7.10. The molecule has 0 aliphatic carbocycles. The summed E-state index contributed by atoms with van der Waals surface area (Å²) in [5.41, 5.74) is 6.89. The first kappa shape index (κ1) is 11.6. The van der Waals surface area contributed by atoms with E-state index in [0.717, 1.165) is 5.56 Å². The van der Waals surface area contributed by atoms with Gasteiger partial charge in [-0.25, -0.2) is 0 Å². The van der Waals surface area contributed by atoms with E-state index < -0.39 is 4.92 Å². The van der Waals surface area contributed by atoms with Gasteiger partial charge in [-0.05, 0) is 13.0 Å². The third-order valence-corrected chi connectivity index (χ3v) is 2.32. The average molecular weight is 210 g/mol. The maximum atomic E-state index is 10.8. The second-order valence-corrected chi connectivity index (χ2v) is 3.43. The van der Waals surface area contributed by atoms with Gasteiger partial charge >= 0.3 is 0 Å². The van der Waals surface area contributed by atoms with Crippen molar-refractivity contribution in [2.45, 2.75) is 12.8 Å². The Morgan fingerprint density at radius 2 is 2.27 bits per heavy atom. The lowest BCUT2D eigenvalue weighted by Crippen LogP contribution is -2.17. The van der Waals surface area contributed by atoms with E-state index in [9.17, 15) is 10.1 Å². The van der Waals surface area contributed by atoms with Crippen LogP contribution in [0.3, 0.4) is 0 Å².